The lowest BCUT2D eigenvalue weighted by molar-refractivity contribution is 0.0633. The van der Waals surface area contributed by atoms with Crippen LogP contribution < -0.4 is 11.4 Å². The highest BCUT2D eigenvalue weighted by Crippen LogP contribution is 2.39. The number of imidazole rings is 1. The van der Waals surface area contributed by atoms with Crippen molar-refractivity contribution in [3.63, 3.8) is 0 Å². The second-order valence-corrected chi connectivity index (χ2v) is 8.88. The molecule has 2 N–H and O–H groups in total. The maximum absolute atomic E-state index is 13.6. The van der Waals surface area contributed by atoms with Crippen LogP contribution in [0, 0.1) is 30.6 Å². The number of benzene rings is 1. The third kappa shape index (κ3) is 3.49. The molecule has 148 valence electrons. The second-order valence-electron chi connectivity index (χ2n) is 8.43. The summed E-state index contributed by atoms with van der Waals surface area (Å²) in [6, 6.07) is 3.79. The standard InChI is InChI=1S/C21H31N3O2S/c1-12(2)15-7-5-13(3)11-16(15)20(25)24-17-8-6-14(4)19(27)18(17)23(10-9-22)21(24)26/h6,8,12-13,15-16,27H,5,7,9-11,22H2,1-4H3. The predicted molar refractivity (Wildman–Crippen MR) is 113 cm³/mol. The molecule has 3 atom stereocenters. The highest BCUT2D eigenvalue weighted by molar-refractivity contribution is 7.80. The van der Waals surface area contributed by atoms with Gasteiger partial charge in [-0.1, -0.05) is 33.3 Å². The summed E-state index contributed by atoms with van der Waals surface area (Å²) >= 11 is 4.62. The van der Waals surface area contributed by atoms with Gasteiger partial charge in [-0.25, -0.2) is 9.36 Å². The quantitative estimate of drug-likeness (QED) is 0.783. The lowest BCUT2D eigenvalue weighted by atomic mass is 9.69. The predicted octanol–water partition coefficient (Wildman–Crippen LogP) is 3.71. The molecule has 27 heavy (non-hydrogen) atoms. The molecule has 0 saturated heterocycles. The van der Waals surface area contributed by atoms with Gasteiger partial charge in [0.25, 0.3) is 0 Å². The van der Waals surface area contributed by atoms with Crippen LogP contribution in [0.3, 0.4) is 0 Å². The molecule has 1 heterocycles. The van der Waals surface area contributed by atoms with Crippen molar-refractivity contribution in [2.45, 2.75) is 58.4 Å². The smallest absolute Gasteiger partial charge is 0.329 e. The Morgan fingerprint density at radius 1 is 1.33 bits per heavy atom. The van der Waals surface area contributed by atoms with Gasteiger partial charge in [-0.2, -0.15) is 0 Å². The lowest BCUT2D eigenvalue weighted by Crippen LogP contribution is -2.40. The van der Waals surface area contributed by atoms with Gasteiger partial charge in [-0.05, 0) is 49.1 Å². The average Bonchev–Trinajstić information content (AvgIpc) is 2.90. The highest BCUT2D eigenvalue weighted by Gasteiger charge is 2.37. The first-order chi connectivity index (χ1) is 12.8. The molecular weight excluding hydrogens is 358 g/mol. The van der Waals surface area contributed by atoms with E-state index in [9.17, 15) is 9.59 Å². The fraction of sp³-hybridized carbons (Fsp3) is 0.619. The number of nitrogens with two attached hydrogens (primary N) is 1. The van der Waals surface area contributed by atoms with Crippen LogP contribution in [-0.2, 0) is 6.54 Å². The summed E-state index contributed by atoms with van der Waals surface area (Å²) in [5, 5.41) is 0. The molecule has 1 aliphatic carbocycles. The Morgan fingerprint density at radius 3 is 2.67 bits per heavy atom. The Hall–Kier alpha value is -1.53. The normalized spacial score (nSPS) is 23.3. The molecule has 6 heteroatoms. The monoisotopic (exact) mass is 389 g/mol. The Labute approximate surface area is 166 Å². The van der Waals surface area contributed by atoms with Gasteiger partial charge in [0.15, 0.2) is 0 Å². The Balaban J connectivity index is 2.18. The van der Waals surface area contributed by atoms with Gasteiger partial charge in [0.05, 0.1) is 11.0 Å². The van der Waals surface area contributed by atoms with Crippen LogP contribution in [0.2, 0.25) is 0 Å². The number of fused-ring (bicyclic) bond motifs is 1. The van der Waals surface area contributed by atoms with E-state index >= 15 is 0 Å². The van der Waals surface area contributed by atoms with Gasteiger partial charge in [-0.15, -0.1) is 12.6 Å². The zero-order valence-corrected chi connectivity index (χ0v) is 17.6. The molecule has 0 aliphatic heterocycles. The van der Waals surface area contributed by atoms with Crippen LogP contribution in [0.1, 0.15) is 50.4 Å². The number of nitrogens with zero attached hydrogens (tertiary/aromatic N) is 2. The van der Waals surface area contributed by atoms with E-state index in [4.69, 9.17) is 5.73 Å². The van der Waals surface area contributed by atoms with E-state index in [2.05, 4.69) is 33.4 Å². The minimum atomic E-state index is -0.290. The van der Waals surface area contributed by atoms with E-state index in [0.717, 1.165) is 29.7 Å². The van der Waals surface area contributed by atoms with Crippen molar-refractivity contribution >= 4 is 29.6 Å². The lowest BCUT2D eigenvalue weighted by Gasteiger charge is -2.36. The number of thiol groups is 1. The van der Waals surface area contributed by atoms with Gasteiger partial charge in [-0.3, -0.25) is 9.36 Å². The summed E-state index contributed by atoms with van der Waals surface area (Å²) in [5.74, 6) is 1.05. The number of aryl methyl sites for hydroxylation is 1. The minimum Gasteiger partial charge on any atom is -0.329 e. The summed E-state index contributed by atoms with van der Waals surface area (Å²) < 4.78 is 3.00. The molecule has 0 amide bonds. The van der Waals surface area contributed by atoms with Crippen LogP contribution in [0.4, 0.5) is 0 Å². The number of carbonyl (C=O) groups is 1. The molecule has 3 unspecified atom stereocenters. The van der Waals surface area contributed by atoms with Crippen molar-refractivity contribution in [2.24, 2.45) is 29.4 Å². The fourth-order valence-corrected chi connectivity index (χ4v) is 4.95. The first-order valence-corrected chi connectivity index (χ1v) is 10.4. The Morgan fingerprint density at radius 2 is 2.04 bits per heavy atom. The molecule has 5 nitrogen and oxygen atoms in total. The molecule has 1 saturated carbocycles. The number of carbonyl (C=O) groups excluding carboxylic acids is 1. The van der Waals surface area contributed by atoms with Gasteiger partial charge < -0.3 is 5.73 Å². The van der Waals surface area contributed by atoms with Gasteiger partial charge in [0, 0.05) is 23.9 Å². The van der Waals surface area contributed by atoms with Crippen LogP contribution in [0.15, 0.2) is 21.8 Å². The maximum atomic E-state index is 13.6. The minimum absolute atomic E-state index is 0.0670. The molecule has 1 fully saturated rings. The van der Waals surface area contributed by atoms with Crippen LogP contribution in [0.5, 0.6) is 0 Å². The Kier molecular flexibility index (Phi) is 5.87. The molecule has 1 aromatic heterocycles. The van der Waals surface area contributed by atoms with Crippen molar-refractivity contribution in [3.05, 3.63) is 28.2 Å². The summed E-state index contributed by atoms with van der Waals surface area (Å²) in [5.41, 5.74) is 7.79. The largest absolute Gasteiger partial charge is 0.336 e. The van der Waals surface area contributed by atoms with Crippen molar-refractivity contribution in [3.8, 4) is 0 Å². The number of aromatic nitrogens is 2. The van der Waals surface area contributed by atoms with E-state index in [-0.39, 0.29) is 17.5 Å². The third-order valence-electron chi connectivity index (χ3n) is 6.18. The SMILES string of the molecule is Cc1ccc2c(c1S)n(CCN)c(=O)n2C(=O)C1CC(C)CCC1C(C)C. The molecule has 2 aromatic rings. The molecule has 1 aromatic carbocycles. The number of rotatable bonds is 4. The van der Waals surface area contributed by atoms with Crippen LogP contribution in [-0.4, -0.2) is 21.6 Å². The fourth-order valence-electron chi connectivity index (χ4n) is 4.64. The number of hydrogen-bond acceptors (Lipinski definition) is 4. The second kappa shape index (κ2) is 7.84. The molecule has 1 aliphatic rings. The van der Waals surface area contributed by atoms with Crippen molar-refractivity contribution < 1.29 is 4.79 Å². The maximum Gasteiger partial charge on any atom is 0.336 e. The van der Waals surface area contributed by atoms with Crippen LogP contribution >= 0.6 is 12.6 Å². The average molecular weight is 390 g/mol. The van der Waals surface area contributed by atoms with Gasteiger partial charge in [0.2, 0.25) is 5.91 Å². The number of hydrogen-bond donors (Lipinski definition) is 2. The van der Waals surface area contributed by atoms with E-state index in [1.807, 2.05) is 19.1 Å². The van der Waals surface area contributed by atoms with E-state index in [0.29, 0.717) is 41.9 Å². The summed E-state index contributed by atoms with van der Waals surface area (Å²) in [4.78, 5) is 27.5. The first kappa shape index (κ1) is 20.2. The zero-order valence-electron chi connectivity index (χ0n) is 16.7. The van der Waals surface area contributed by atoms with E-state index in [1.165, 1.54) is 4.57 Å². The first-order valence-electron chi connectivity index (χ1n) is 9.96. The topological polar surface area (TPSA) is 70.0 Å². The summed E-state index contributed by atoms with van der Waals surface area (Å²) in [7, 11) is 0. The van der Waals surface area contributed by atoms with Crippen molar-refractivity contribution in [2.75, 3.05) is 6.54 Å². The molecule has 0 radical (unpaired) electrons. The van der Waals surface area contributed by atoms with E-state index < -0.39 is 0 Å². The molecular formula is C21H31N3O2S. The van der Waals surface area contributed by atoms with Gasteiger partial charge in [0.1, 0.15) is 0 Å². The highest BCUT2D eigenvalue weighted by atomic mass is 32.1. The molecule has 0 bridgehead atoms. The Bertz CT molecular complexity index is 912. The van der Waals surface area contributed by atoms with Gasteiger partial charge >= 0.3 is 5.69 Å². The molecule has 0 spiro atoms. The van der Waals surface area contributed by atoms with Crippen LogP contribution in [0.25, 0.3) is 11.0 Å². The third-order valence-corrected chi connectivity index (χ3v) is 6.74. The van der Waals surface area contributed by atoms with Crippen molar-refractivity contribution in [1.29, 1.82) is 0 Å². The molecule has 3 rings (SSSR count). The summed E-state index contributed by atoms with van der Waals surface area (Å²) in [6.45, 7) is 9.22. The van der Waals surface area contributed by atoms with E-state index in [1.54, 1.807) is 4.57 Å². The van der Waals surface area contributed by atoms with Crippen molar-refractivity contribution in [1.82, 2.24) is 9.13 Å². The summed E-state index contributed by atoms with van der Waals surface area (Å²) in [6.07, 6.45) is 3.04. The zero-order chi connectivity index (χ0) is 19.9.